The topological polar surface area (TPSA) is 81.7 Å². The van der Waals surface area contributed by atoms with Gasteiger partial charge in [-0.2, -0.15) is 0 Å². The summed E-state index contributed by atoms with van der Waals surface area (Å²) in [5, 5.41) is 3.29. The fourth-order valence-corrected chi connectivity index (χ4v) is 3.87. The maximum absolute atomic E-state index is 12.9. The summed E-state index contributed by atoms with van der Waals surface area (Å²) in [5.41, 5.74) is 1.71. The van der Waals surface area contributed by atoms with Gasteiger partial charge in [0.15, 0.2) is 5.60 Å². The summed E-state index contributed by atoms with van der Waals surface area (Å²) in [7, 11) is 0. The van der Waals surface area contributed by atoms with Gasteiger partial charge in [-0.05, 0) is 53.9 Å². The Labute approximate surface area is 196 Å². The number of rotatable bonds is 6. The lowest BCUT2D eigenvalue weighted by atomic mass is 9.89. The molecule has 0 saturated carbocycles. The molecule has 1 amide bonds. The number of fused-ring (bicyclic) bond motifs is 1. The number of ether oxygens (including phenoxy) is 2. The number of carbonyl (C=O) groups excluding carboxylic acids is 3. The Hall–Kier alpha value is -3.64. The van der Waals surface area contributed by atoms with Gasteiger partial charge >= 0.3 is 11.9 Å². The zero-order valence-electron chi connectivity index (χ0n) is 18.0. The van der Waals surface area contributed by atoms with E-state index in [0.29, 0.717) is 27.3 Å². The molecular formula is C26H22ClNO5. The van der Waals surface area contributed by atoms with E-state index in [1.807, 2.05) is 30.3 Å². The van der Waals surface area contributed by atoms with Gasteiger partial charge in [-0.3, -0.25) is 4.79 Å². The third kappa shape index (κ3) is 5.23. The van der Waals surface area contributed by atoms with Crippen LogP contribution in [0, 0.1) is 0 Å². The van der Waals surface area contributed by atoms with Crippen LogP contribution < -0.4 is 5.32 Å². The second-order valence-electron chi connectivity index (χ2n) is 8.04. The predicted octanol–water partition coefficient (Wildman–Crippen LogP) is 4.49. The van der Waals surface area contributed by atoms with Crippen LogP contribution >= 0.6 is 11.6 Å². The summed E-state index contributed by atoms with van der Waals surface area (Å²) in [5.74, 6) is -1.44. The van der Waals surface area contributed by atoms with Crippen molar-refractivity contribution in [3.05, 3.63) is 106 Å². The molecule has 1 heterocycles. The van der Waals surface area contributed by atoms with Crippen molar-refractivity contribution in [2.75, 3.05) is 0 Å². The molecule has 6 nitrogen and oxygen atoms in total. The number of esters is 2. The predicted molar refractivity (Wildman–Crippen MR) is 123 cm³/mol. The van der Waals surface area contributed by atoms with Crippen LogP contribution in [-0.4, -0.2) is 23.4 Å². The smallest absolute Gasteiger partial charge is 0.339 e. The molecule has 0 spiro atoms. The SMILES string of the molecule is CC1(C(=O)NCc2cccc(C(=O)OCc3ccccc3)c2)Cc2cc(Cl)ccc2C(=O)O1. The number of halogens is 1. The van der Waals surface area contributed by atoms with E-state index < -0.39 is 23.4 Å². The molecule has 1 aliphatic heterocycles. The fourth-order valence-electron chi connectivity index (χ4n) is 3.68. The molecule has 3 aromatic rings. The molecular weight excluding hydrogens is 442 g/mol. The van der Waals surface area contributed by atoms with Gasteiger partial charge < -0.3 is 14.8 Å². The van der Waals surface area contributed by atoms with Gasteiger partial charge in [-0.25, -0.2) is 9.59 Å². The van der Waals surface area contributed by atoms with Crippen molar-refractivity contribution in [3.63, 3.8) is 0 Å². The first-order valence-corrected chi connectivity index (χ1v) is 10.8. The highest BCUT2D eigenvalue weighted by molar-refractivity contribution is 6.30. The first kappa shape index (κ1) is 22.6. The van der Waals surface area contributed by atoms with E-state index in [4.69, 9.17) is 21.1 Å². The fraction of sp³-hybridized carbons (Fsp3) is 0.192. The first-order valence-electron chi connectivity index (χ1n) is 10.4. The average Bonchev–Trinajstić information content (AvgIpc) is 2.81. The highest BCUT2D eigenvalue weighted by Gasteiger charge is 2.42. The Morgan fingerprint density at radius 1 is 1.03 bits per heavy atom. The lowest BCUT2D eigenvalue weighted by Gasteiger charge is -2.33. The Balaban J connectivity index is 1.38. The number of carbonyl (C=O) groups is 3. The van der Waals surface area contributed by atoms with Gasteiger partial charge in [-0.15, -0.1) is 0 Å². The Morgan fingerprint density at radius 2 is 1.79 bits per heavy atom. The minimum absolute atomic E-state index is 0.161. The van der Waals surface area contributed by atoms with Crippen molar-refractivity contribution < 1.29 is 23.9 Å². The number of hydrogen-bond acceptors (Lipinski definition) is 5. The van der Waals surface area contributed by atoms with E-state index in [2.05, 4.69) is 5.32 Å². The first-order chi connectivity index (χ1) is 15.8. The minimum Gasteiger partial charge on any atom is -0.457 e. The van der Waals surface area contributed by atoms with Crippen LogP contribution in [0.25, 0.3) is 0 Å². The summed E-state index contributed by atoms with van der Waals surface area (Å²) < 4.78 is 10.8. The number of amides is 1. The van der Waals surface area contributed by atoms with Crippen LogP contribution in [0.4, 0.5) is 0 Å². The molecule has 0 aromatic heterocycles. The highest BCUT2D eigenvalue weighted by Crippen LogP contribution is 2.30. The second kappa shape index (κ2) is 9.46. The molecule has 0 radical (unpaired) electrons. The van der Waals surface area contributed by atoms with Crippen molar-refractivity contribution >= 4 is 29.4 Å². The number of benzene rings is 3. The van der Waals surface area contributed by atoms with Crippen LogP contribution in [0.2, 0.25) is 5.02 Å². The zero-order valence-corrected chi connectivity index (χ0v) is 18.7. The van der Waals surface area contributed by atoms with Crippen molar-refractivity contribution in [2.24, 2.45) is 0 Å². The van der Waals surface area contributed by atoms with Crippen molar-refractivity contribution in [1.82, 2.24) is 5.32 Å². The lowest BCUT2D eigenvalue weighted by Crippen LogP contribution is -2.51. The third-order valence-corrected chi connectivity index (χ3v) is 5.68. The maximum Gasteiger partial charge on any atom is 0.339 e. The Morgan fingerprint density at radius 3 is 2.58 bits per heavy atom. The van der Waals surface area contributed by atoms with Gasteiger partial charge in [0.2, 0.25) is 0 Å². The quantitative estimate of drug-likeness (QED) is 0.545. The van der Waals surface area contributed by atoms with E-state index in [1.165, 1.54) is 0 Å². The van der Waals surface area contributed by atoms with Crippen LogP contribution in [0.1, 0.15) is 44.3 Å². The normalized spacial score (nSPS) is 17.0. The van der Waals surface area contributed by atoms with Gasteiger partial charge in [0.1, 0.15) is 6.61 Å². The molecule has 0 saturated heterocycles. The molecule has 7 heteroatoms. The molecule has 4 rings (SSSR count). The van der Waals surface area contributed by atoms with E-state index in [1.54, 1.807) is 49.4 Å². The Bertz CT molecular complexity index is 1210. The molecule has 1 N–H and O–H groups in total. The van der Waals surface area contributed by atoms with E-state index in [9.17, 15) is 14.4 Å². The zero-order chi connectivity index (χ0) is 23.4. The van der Waals surface area contributed by atoms with Crippen molar-refractivity contribution in [2.45, 2.75) is 32.1 Å². The van der Waals surface area contributed by atoms with Gasteiger partial charge in [0.05, 0.1) is 11.1 Å². The summed E-state index contributed by atoms with van der Waals surface area (Å²) in [6.07, 6.45) is 0.215. The van der Waals surface area contributed by atoms with Crippen LogP contribution in [-0.2, 0) is 33.8 Å². The number of cyclic esters (lactones) is 1. The van der Waals surface area contributed by atoms with Gasteiger partial charge in [0.25, 0.3) is 5.91 Å². The van der Waals surface area contributed by atoms with E-state index in [-0.39, 0.29) is 19.6 Å². The molecule has 0 aliphatic carbocycles. The van der Waals surface area contributed by atoms with Gasteiger partial charge in [0, 0.05) is 18.0 Å². The molecule has 1 aliphatic rings. The standard InChI is InChI=1S/C26H22ClNO5/c1-26(14-20-13-21(27)10-11-22(20)24(30)33-26)25(31)28-15-18-8-5-9-19(12-18)23(29)32-16-17-6-3-2-4-7-17/h2-13H,14-16H2,1H3,(H,28,31). The van der Waals surface area contributed by atoms with Crippen molar-refractivity contribution in [1.29, 1.82) is 0 Å². The molecule has 3 aromatic carbocycles. The molecule has 1 unspecified atom stereocenters. The Kier molecular flexibility index (Phi) is 6.47. The third-order valence-electron chi connectivity index (χ3n) is 5.44. The highest BCUT2D eigenvalue weighted by atomic mass is 35.5. The average molecular weight is 464 g/mol. The van der Waals surface area contributed by atoms with Crippen LogP contribution in [0.3, 0.4) is 0 Å². The summed E-state index contributed by atoms with van der Waals surface area (Å²) in [6.45, 7) is 1.91. The molecule has 168 valence electrons. The van der Waals surface area contributed by atoms with E-state index >= 15 is 0 Å². The monoisotopic (exact) mass is 463 g/mol. The van der Waals surface area contributed by atoms with Gasteiger partial charge in [-0.1, -0.05) is 54.1 Å². The number of hydrogen-bond donors (Lipinski definition) is 1. The summed E-state index contributed by atoms with van der Waals surface area (Å²) >= 11 is 6.05. The summed E-state index contributed by atoms with van der Waals surface area (Å²) in [4.78, 5) is 37.7. The number of nitrogens with one attached hydrogen (secondary N) is 1. The largest absolute Gasteiger partial charge is 0.457 e. The minimum atomic E-state index is -1.36. The van der Waals surface area contributed by atoms with Crippen LogP contribution in [0.15, 0.2) is 72.8 Å². The van der Waals surface area contributed by atoms with Crippen molar-refractivity contribution in [3.8, 4) is 0 Å². The maximum atomic E-state index is 12.9. The summed E-state index contributed by atoms with van der Waals surface area (Å²) in [6, 6.07) is 21.1. The molecule has 33 heavy (non-hydrogen) atoms. The lowest BCUT2D eigenvalue weighted by molar-refractivity contribution is -0.139. The van der Waals surface area contributed by atoms with Crippen LogP contribution in [0.5, 0.6) is 0 Å². The van der Waals surface area contributed by atoms with E-state index in [0.717, 1.165) is 5.56 Å². The second-order valence-corrected chi connectivity index (χ2v) is 8.48. The molecule has 0 fully saturated rings. The molecule has 1 atom stereocenters. The molecule has 0 bridgehead atoms.